The summed E-state index contributed by atoms with van der Waals surface area (Å²) in [6.45, 7) is 2.19. The van der Waals surface area contributed by atoms with E-state index in [9.17, 15) is 19.5 Å². The van der Waals surface area contributed by atoms with E-state index in [0.717, 1.165) is 29.5 Å². The third-order valence-corrected chi connectivity index (χ3v) is 4.79. The minimum Gasteiger partial charge on any atom is -0.503 e. The van der Waals surface area contributed by atoms with E-state index in [1.54, 1.807) is 0 Å². The number of hydrogen-bond acceptors (Lipinski definition) is 6. The first kappa shape index (κ1) is 20.1. The lowest BCUT2D eigenvalue weighted by Gasteiger charge is -2.12. The van der Waals surface area contributed by atoms with E-state index < -0.39 is 11.1 Å². The number of methoxy groups -OCH3 is 1. The molecular formula is C17H19ClN2O5S. The number of amides is 3. The van der Waals surface area contributed by atoms with Gasteiger partial charge in [0.1, 0.15) is 6.54 Å². The van der Waals surface area contributed by atoms with E-state index >= 15 is 0 Å². The molecule has 1 heterocycles. The van der Waals surface area contributed by atoms with Gasteiger partial charge in [0.05, 0.1) is 17.0 Å². The zero-order valence-corrected chi connectivity index (χ0v) is 15.9. The molecule has 2 N–H and O–H groups in total. The molecule has 26 heavy (non-hydrogen) atoms. The highest BCUT2D eigenvalue weighted by atomic mass is 35.5. The Morgan fingerprint density at radius 3 is 2.81 bits per heavy atom. The van der Waals surface area contributed by atoms with Crippen molar-refractivity contribution in [1.82, 2.24) is 10.2 Å². The van der Waals surface area contributed by atoms with Gasteiger partial charge >= 0.3 is 0 Å². The normalized spacial score (nSPS) is 15.7. The summed E-state index contributed by atoms with van der Waals surface area (Å²) in [6, 6.07) is 2.94. The Morgan fingerprint density at radius 1 is 1.42 bits per heavy atom. The summed E-state index contributed by atoms with van der Waals surface area (Å²) in [4.78, 5) is 37.4. The summed E-state index contributed by atoms with van der Waals surface area (Å²) in [5.41, 5.74) is 0.488. The lowest BCUT2D eigenvalue weighted by Crippen LogP contribution is -2.39. The molecule has 0 aliphatic carbocycles. The molecule has 7 nitrogen and oxygen atoms in total. The molecule has 140 valence electrons. The highest BCUT2D eigenvalue weighted by Gasteiger charge is 2.36. The highest BCUT2D eigenvalue weighted by Crippen LogP contribution is 2.37. The Hall–Kier alpha value is -2.19. The van der Waals surface area contributed by atoms with E-state index in [1.165, 1.54) is 25.3 Å². The second-order valence-electron chi connectivity index (χ2n) is 5.52. The van der Waals surface area contributed by atoms with Gasteiger partial charge < -0.3 is 15.2 Å². The standard InChI is InChI=1S/C17H19ClN2O5S/c1-3-4-5-19-14(21)9-20-16(23)13(26-17(20)24)8-10-6-11(18)15(22)12(7-10)25-2/h6-8,22H,3-5,9H2,1-2H3,(H,19,21)/b13-8-. The van der Waals surface area contributed by atoms with Gasteiger partial charge in [-0.3, -0.25) is 19.3 Å². The van der Waals surface area contributed by atoms with Crippen molar-refractivity contribution < 1.29 is 24.2 Å². The number of phenols is 1. The molecule has 0 spiro atoms. The van der Waals surface area contributed by atoms with Crippen LogP contribution in [0.2, 0.25) is 5.02 Å². The molecule has 1 aromatic rings. The number of rotatable bonds is 7. The molecule has 0 radical (unpaired) electrons. The Labute approximate surface area is 160 Å². The molecule has 0 unspecified atom stereocenters. The van der Waals surface area contributed by atoms with Crippen LogP contribution in [0.1, 0.15) is 25.3 Å². The minimum absolute atomic E-state index is 0.0603. The molecule has 3 amide bonds. The number of carbonyl (C=O) groups is 3. The number of thioether (sulfide) groups is 1. The van der Waals surface area contributed by atoms with Gasteiger partial charge in [-0.25, -0.2) is 0 Å². The predicted molar refractivity (Wildman–Crippen MR) is 100 cm³/mol. The van der Waals surface area contributed by atoms with Crippen LogP contribution < -0.4 is 10.1 Å². The number of halogens is 1. The third-order valence-electron chi connectivity index (χ3n) is 3.60. The summed E-state index contributed by atoms with van der Waals surface area (Å²) in [7, 11) is 1.38. The van der Waals surface area contributed by atoms with Gasteiger partial charge in [0.2, 0.25) is 5.91 Å². The Kier molecular flexibility index (Phi) is 6.93. The molecule has 0 bridgehead atoms. The number of nitrogens with zero attached hydrogens (tertiary/aromatic N) is 1. The maximum atomic E-state index is 12.4. The topological polar surface area (TPSA) is 95.9 Å². The molecule has 1 aliphatic heterocycles. The number of phenolic OH excluding ortho intramolecular Hbond substituents is 1. The molecule has 1 aliphatic rings. The average Bonchev–Trinajstić information content (AvgIpc) is 2.85. The van der Waals surface area contributed by atoms with E-state index in [4.69, 9.17) is 16.3 Å². The van der Waals surface area contributed by atoms with E-state index in [-0.39, 0.29) is 33.9 Å². The summed E-state index contributed by atoms with van der Waals surface area (Å²) >= 11 is 6.67. The van der Waals surface area contributed by atoms with Crippen LogP contribution in [-0.2, 0) is 9.59 Å². The lowest BCUT2D eigenvalue weighted by molar-refractivity contribution is -0.129. The zero-order chi connectivity index (χ0) is 19.3. The van der Waals surface area contributed by atoms with Crippen LogP contribution in [0.15, 0.2) is 17.0 Å². The smallest absolute Gasteiger partial charge is 0.294 e. The maximum absolute atomic E-state index is 12.4. The van der Waals surface area contributed by atoms with Crippen molar-refractivity contribution in [1.29, 1.82) is 0 Å². The molecule has 1 saturated heterocycles. The predicted octanol–water partition coefficient (Wildman–Crippen LogP) is 3.01. The number of imide groups is 1. The van der Waals surface area contributed by atoms with Gasteiger partial charge in [0, 0.05) is 6.54 Å². The van der Waals surface area contributed by atoms with Crippen LogP contribution in [-0.4, -0.2) is 47.3 Å². The quantitative estimate of drug-likeness (QED) is 0.541. The van der Waals surface area contributed by atoms with Crippen molar-refractivity contribution in [2.45, 2.75) is 19.8 Å². The number of carbonyl (C=O) groups excluding carboxylic acids is 3. The highest BCUT2D eigenvalue weighted by molar-refractivity contribution is 8.18. The van der Waals surface area contributed by atoms with Gasteiger partial charge in [-0.1, -0.05) is 24.9 Å². The fraction of sp³-hybridized carbons (Fsp3) is 0.353. The third kappa shape index (κ3) is 4.70. The molecule has 0 atom stereocenters. The lowest BCUT2D eigenvalue weighted by atomic mass is 10.2. The first-order valence-corrected chi connectivity index (χ1v) is 9.15. The van der Waals surface area contributed by atoms with E-state index in [1.807, 2.05) is 6.92 Å². The fourth-order valence-electron chi connectivity index (χ4n) is 2.22. The van der Waals surface area contributed by atoms with Gasteiger partial charge in [0.15, 0.2) is 11.5 Å². The number of ether oxygens (including phenoxy) is 1. The minimum atomic E-state index is -0.547. The Morgan fingerprint density at radius 2 is 2.15 bits per heavy atom. The molecule has 2 rings (SSSR count). The number of benzene rings is 1. The first-order chi connectivity index (χ1) is 12.4. The van der Waals surface area contributed by atoms with E-state index in [2.05, 4.69) is 5.32 Å². The Bertz CT molecular complexity index is 766. The largest absolute Gasteiger partial charge is 0.503 e. The monoisotopic (exact) mass is 398 g/mol. The second kappa shape index (κ2) is 8.95. The van der Waals surface area contributed by atoms with Crippen molar-refractivity contribution in [2.75, 3.05) is 20.2 Å². The summed E-state index contributed by atoms with van der Waals surface area (Å²) in [6.07, 6.45) is 3.23. The van der Waals surface area contributed by atoms with Crippen LogP contribution in [0, 0.1) is 0 Å². The van der Waals surface area contributed by atoms with Crippen molar-refractivity contribution in [2.24, 2.45) is 0 Å². The number of aromatic hydroxyl groups is 1. The number of hydrogen-bond donors (Lipinski definition) is 2. The SMILES string of the molecule is CCCCNC(=O)CN1C(=O)S/C(=C\c2cc(Cl)c(O)c(OC)c2)C1=O. The summed E-state index contributed by atoms with van der Waals surface area (Å²) in [5, 5.41) is 12.0. The molecular weight excluding hydrogens is 380 g/mol. The van der Waals surface area contributed by atoms with Crippen LogP contribution >= 0.6 is 23.4 Å². The van der Waals surface area contributed by atoms with E-state index in [0.29, 0.717) is 12.1 Å². The van der Waals surface area contributed by atoms with Crippen molar-refractivity contribution in [3.05, 3.63) is 27.6 Å². The second-order valence-corrected chi connectivity index (χ2v) is 6.93. The van der Waals surface area contributed by atoms with Crippen LogP contribution in [0.3, 0.4) is 0 Å². The van der Waals surface area contributed by atoms with Crippen LogP contribution in [0.4, 0.5) is 4.79 Å². The van der Waals surface area contributed by atoms with Gasteiger partial charge in [-0.15, -0.1) is 0 Å². The molecule has 0 saturated carbocycles. The van der Waals surface area contributed by atoms with Crippen molar-refractivity contribution >= 4 is 46.5 Å². The van der Waals surface area contributed by atoms with Crippen LogP contribution in [0.25, 0.3) is 6.08 Å². The Balaban J connectivity index is 2.14. The average molecular weight is 399 g/mol. The fourth-order valence-corrected chi connectivity index (χ4v) is 3.28. The molecule has 9 heteroatoms. The summed E-state index contributed by atoms with van der Waals surface area (Å²) in [5.74, 6) is -0.980. The number of unbranched alkanes of at least 4 members (excludes halogenated alkanes) is 1. The molecule has 0 aromatic heterocycles. The van der Waals surface area contributed by atoms with Crippen molar-refractivity contribution in [3.63, 3.8) is 0 Å². The number of nitrogens with one attached hydrogen (secondary N) is 1. The zero-order valence-electron chi connectivity index (χ0n) is 14.4. The van der Waals surface area contributed by atoms with Crippen molar-refractivity contribution in [3.8, 4) is 11.5 Å². The summed E-state index contributed by atoms with van der Waals surface area (Å²) < 4.78 is 5.01. The van der Waals surface area contributed by atoms with Gasteiger partial charge in [0.25, 0.3) is 11.1 Å². The van der Waals surface area contributed by atoms with Gasteiger partial charge in [-0.05, 0) is 42.0 Å². The molecule has 1 aromatic carbocycles. The molecule has 1 fully saturated rings. The van der Waals surface area contributed by atoms with Crippen LogP contribution in [0.5, 0.6) is 11.5 Å². The first-order valence-electron chi connectivity index (χ1n) is 7.96. The van der Waals surface area contributed by atoms with Gasteiger partial charge in [-0.2, -0.15) is 0 Å². The maximum Gasteiger partial charge on any atom is 0.294 e.